The molecule has 3 aromatic rings. The van der Waals surface area contributed by atoms with Crippen LogP contribution in [0.15, 0.2) is 42.5 Å². The van der Waals surface area contributed by atoms with Gasteiger partial charge in [-0.25, -0.2) is 5.10 Å². The van der Waals surface area contributed by atoms with Crippen LogP contribution in [0.2, 0.25) is 0 Å². The fourth-order valence-corrected chi connectivity index (χ4v) is 5.41. The van der Waals surface area contributed by atoms with Gasteiger partial charge in [0.1, 0.15) is 12.4 Å². The Hall–Kier alpha value is -2.73. The number of carbonyl (C=O) groups excluding carboxylic acids is 1. The van der Waals surface area contributed by atoms with Crippen LogP contribution in [0.1, 0.15) is 59.5 Å². The number of rotatable bonds is 5. The molecule has 0 saturated heterocycles. The van der Waals surface area contributed by atoms with Gasteiger partial charge in [0, 0.05) is 11.1 Å². The molecule has 5 rings (SSSR count). The van der Waals surface area contributed by atoms with Gasteiger partial charge in [-0.3, -0.25) is 4.79 Å². The van der Waals surface area contributed by atoms with E-state index in [1.165, 1.54) is 12.8 Å². The largest absolute Gasteiger partial charge is 0.489 e. The number of Topliss-reactive ketones (excluding diaryl/α,β-unsaturated/α-hetero) is 1. The Morgan fingerprint density at radius 1 is 1.20 bits per heavy atom. The number of hydrogen-bond donors (Lipinski definition) is 1. The minimum atomic E-state index is -0.515. The maximum atomic E-state index is 13.2. The van der Waals surface area contributed by atoms with Crippen molar-refractivity contribution in [2.24, 2.45) is 11.3 Å². The van der Waals surface area contributed by atoms with Gasteiger partial charge in [0.2, 0.25) is 0 Å². The van der Waals surface area contributed by atoms with E-state index in [1.54, 1.807) is 0 Å². The van der Waals surface area contributed by atoms with Crippen molar-refractivity contribution in [3.8, 4) is 17.1 Å². The molecule has 2 aromatic carbocycles. The van der Waals surface area contributed by atoms with Gasteiger partial charge in [0.15, 0.2) is 11.6 Å². The first-order valence-electron chi connectivity index (χ1n) is 10.4. The molecule has 0 bridgehead atoms. The molecule has 2 aliphatic rings. The smallest absolute Gasteiger partial charge is 0.179 e. The molecule has 30 heavy (non-hydrogen) atoms. The fourth-order valence-electron chi connectivity index (χ4n) is 4.95. The highest BCUT2D eigenvalue weighted by molar-refractivity contribution is 6.27. The fraction of sp³-hybridized carbons (Fsp3) is 0.391. The van der Waals surface area contributed by atoms with Crippen LogP contribution < -0.4 is 4.74 Å². The second-order valence-electron chi connectivity index (χ2n) is 8.44. The van der Waals surface area contributed by atoms with E-state index >= 15 is 0 Å². The van der Waals surface area contributed by atoms with Gasteiger partial charge in [0.05, 0.1) is 10.8 Å². The molecule has 6 nitrogen and oxygen atoms in total. The number of benzene rings is 2. The number of carbonyl (C=O) groups is 1. The van der Waals surface area contributed by atoms with E-state index in [2.05, 4.69) is 20.6 Å². The van der Waals surface area contributed by atoms with Gasteiger partial charge < -0.3 is 4.74 Å². The van der Waals surface area contributed by atoms with E-state index in [0.29, 0.717) is 18.3 Å². The predicted octanol–water partition coefficient (Wildman–Crippen LogP) is 5.12. The number of aromatic nitrogens is 4. The molecule has 0 spiro atoms. The number of alkyl halides is 1. The van der Waals surface area contributed by atoms with E-state index in [-0.39, 0.29) is 11.2 Å². The van der Waals surface area contributed by atoms with E-state index in [1.807, 2.05) is 49.4 Å². The molecule has 7 heteroatoms. The average molecular weight is 423 g/mol. The molecule has 0 radical (unpaired) electrons. The maximum absolute atomic E-state index is 13.2. The molecule has 1 heterocycles. The predicted molar refractivity (Wildman–Crippen MR) is 113 cm³/mol. The van der Waals surface area contributed by atoms with E-state index < -0.39 is 5.41 Å². The minimum Gasteiger partial charge on any atom is -0.489 e. The van der Waals surface area contributed by atoms with E-state index in [0.717, 1.165) is 40.8 Å². The highest BCUT2D eigenvalue weighted by Crippen LogP contribution is 2.57. The maximum Gasteiger partial charge on any atom is 0.179 e. The lowest BCUT2D eigenvalue weighted by Crippen LogP contribution is -2.33. The number of H-pyrrole nitrogens is 1. The molecular formula is C23H23ClN4O2. The summed E-state index contributed by atoms with van der Waals surface area (Å²) < 4.78 is 6.04. The van der Waals surface area contributed by atoms with Crippen molar-refractivity contribution in [2.45, 2.75) is 44.6 Å². The number of halogens is 1. The third-order valence-corrected chi connectivity index (χ3v) is 7.40. The number of nitrogens with one attached hydrogen (secondary N) is 1. The Balaban J connectivity index is 1.35. The number of tetrazole rings is 1. The summed E-state index contributed by atoms with van der Waals surface area (Å²) in [5.41, 5.74) is 3.03. The number of hydrogen-bond acceptors (Lipinski definition) is 5. The molecule has 1 N–H and O–H groups in total. The molecule has 1 aromatic heterocycles. The van der Waals surface area contributed by atoms with Crippen molar-refractivity contribution in [2.75, 3.05) is 0 Å². The van der Waals surface area contributed by atoms with Crippen molar-refractivity contribution < 1.29 is 9.53 Å². The van der Waals surface area contributed by atoms with Gasteiger partial charge in [0.25, 0.3) is 0 Å². The van der Waals surface area contributed by atoms with Crippen LogP contribution in [-0.4, -0.2) is 26.4 Å². The Morgan fingerprint density at radius 3 is 2.80 bits per heavy atom. The first kappa shape index (κ1) is 19.2. The number of ketones is 1. The topological polar surface area (TPSA) is 80.8 Å². The van der Waals surface area contributed by atoms with Crippen molar-refractivity contribution in [3.05, 3.63) is 59.2 Å². The summed E-state index contributed by atoms with van der Waals surface area (Å²) >= 11 is 6.89. The van der Waals surface area contributed by atoms with Crippen LogP contribution in [0.3, 0.4) is 0 Å². The Bertz CT molecular complexity index is 1080. The van der Waals surface area contributed by atoms with Gasteiger partial charge >= 0.3 is 0 Å². The lowest BCUT2D eigenvalue weighted by Gasteiger charge is -2.32. The molecule has 154 valence electrons. The number of nitrogens with zero attached hydrogens (tertiary/aromatic N) is 3. The Labute approximate surface area is 180 Å². The summed E-state index contributed by atoms with van der Waals surface area (Å²) in [5, 5.41) is 13.6. The van der Waals surface area contributed by atoms with Crippen molar-refractivity contribution >= 4 is 17.4 Å². The van der Waals surface area contributed by atoms with Crippen molar-refractivity contribution in [1.29, 1.82) is 0 Å². The number of ether oxygens (including phenoxy) is 1. The van der Waals surface area contributed by atoms with Crippen LogP contribution in [0.4, 0.5) is 0 Å². The summed E-state index contributed by atoms with van der Waals surface area (Å²) in [4.78, 5) is 13.2. The van der Waals surface area contributed by atoms with E-state index in [4.69, 9.17) is 16.3 Å². The molecule has 2 aliphatic carbocycles. The normalized spacial score (nSPS) is 23.7. The first-order valence-corrected chi connectivity index (χ1v) is 10.8. The molecule has 1 saturated carbocycles. The number of aromatic amines is 1. The van der Waals surface area contributed by atoms with E-state index in [9.17, 15) is 4.79 Å². The second-order valence-corrected chi connectivity index (χ2v) is 8.88. The van der Waals surface area contributed by atoms with Gasteiger partial charge in [-0.05, 0) is 64.6 Å². The number of fused-ring (bicyclic) bond motifs is 1. The molecule has 2 unspecified atom stereocenters. The second kappa shape index (κ2) is 7.51. The molecular weight excluding hydrogens is 400 g/mol. The summed E-state index contributed by atoms with van der Waals surface area (Å²) in [6.07, 6.45) is 4.54. The van der Waals surface area contributed by atoms with Gasteiger partial charge in [-0.15, -0.1) is 16.7 Å². The lowest BCUT2D eigenvalue weighted by molar-refractivity contribution is 0.0735. The molecule has 2 atom stereocenters. The third-order valence-electron chi connectivity index (χ3n) is 6.71. The first-order chi connectivity index (χ1) is 14.6. The third kappa shape index (κ3) is 3.10. The van der Waals surface area contributed by atoms with Crippen LogP contribution in [-0.2, 0) is 6.61 Å². The zero-order valence-electron chi connectivity index (χ0n) is 16.8. The van der Waals surface area contributed by atoms with Crippen LogP contribution in [0.5, 0.6) is 5.75 Å². The minimum absolute atomic E-state index is 0.185. The Kier molecular flexibility index (Phi) is 4.82. The quantitative estimate of drug-likeness (QED) is 0.577. The summed E-state index contributed by atoms with van der Waals surface area (Å²) in [5.74, 6) is 1.88. The molecule has 0 aliphatic heterocycles. The van der Waals surface area contributed by atoms with Crippen LogP contribution in [0.25, 0.3) is 11.4 Å². The summed E-state index contributed by atoms with van der Waals surface area (Å²) in [6.45, 7) is 2.45. The van der Waals surface area contributed by atoms with Gasteiger partial charge in [-0.1, -0.05) is 38.0 Å². The monoisotopic (exact) mass is 422 g/mol. The lowest BCUT2D eigenvalue weighted by atomic mass is 9.72. The van der Waals surface area contributed by atoms with Gasteiger partial charge in [-0.2, -0.15) is 0 Å². The highest BCUT2D eigenvalue weighted by atomic mass is 35.5. The molecule has 0 amide bonds. The van der Waals surface area contributed by atoms with Crippen molar-refractivity contribution in [1.82, 2.24) is 20.6 Å². The van der Waals surface area contributed by atoms with Crippen LogP contribution >= 0.6 is 11.6 Å². The highest BCUT2D eigenvalue weighted by Gasteiger charge is 2.53. The zero-order valence-corrected chi connectivity index (χ0v) is 17.5. The Morgan fingerprint density at radius 2 is 2.03 bits per heavy atom. The standard InChI is InChI=1S/C23H23ClN4O2/c1-23(16-7-2-3-8-16)20(24)19-12-17(9-10-18(19)21(23)29)30-13-14-5-4-6-15(11-14)22-25-27-28-26-22/h4-6,9-12,16,20H,2-3,7-8,13H2,1H3,(H,25,26,27,28). The van der Waals surface area contributed by atoms with Crippen LogP contribution in [0, 0.1) is 11.3 Å². The zero-order chi connectivity index (χ0) is 20.7. The molecule has 1 fully saturated rings. The average Bonchev–Trinajstić information content (AvgIpc) is 3.53. The summed E-state index contributed by atoms with van der Waals surface area (Å²) in [6, 6.07) is 13.5. The SMILES string of the molecule is CC1(C2CCCC2)C(=O)c2ccc(OCc3cccc(-c4nnn[nH]4)c3)cc2C1Cl. The summed E-state index contributed by atoms with van der Waals surface area (Å²) in [7, 11) is 0. The van der Waals surface area contributed by atoms with Crippen molar-refractivity contribution in [3.63, 3.8) is 0 Å².